The highest BCUT2D eigenvalue weighted by Gasteiger charge is 2.34. The fourth-order valence-electron chi connectivity index (χ4n) is 1.78. The molecule has 1 aliphatic rings. The van der Waals surface area contributed by atoms with Crippen molar-refractivity contribution < 1.29 is 19.7 Å². The summed E-state index contributed by atoms with van der Waals surface area (Å²) in [7, 11) is 0. The fraction of sp³-hybridized carbons (Fsp3) is 0.385. The van der Waals surface area contributed by atoms with Crippen molar-refractivity contribution >= 4 is 0 Å². The van der Waals surface area contributed by atoms with Crippen LogP contribution in [0.15, 0.2) is 43.0 Å². The van der Waals surface area contributed by atoms with Crippen LogP contribution in [0.3, 0.4) is 0 Å². The first kappa shape index (κ1) is 12.3. The average Bonchev–Trinajstić information content (AvgIpc) is 2.39. The van der Waals surface area contributed by atoms with Gasteiger partial charge in [0, 0.05) is 5.56 Å². The number of rotatable bonds is 3. The van der Waals surface area contributed by atoms with Crippen LogP contribution in [-0.2, 0) is 9.47 Å². The predicted octanol–water partition coefficient (Wildman–Crippen LogP) is 1.01. The summed E-state index contributed by atoms with van der Waals surface area (Å²) in [5.41, 5.74) is 0.862. The van der Waals surface area contributed by atoms with E-state index < -0.39 is 24.6 Å². The second-order valence-corrected chi connectivity index (χ2v) is 3.97. The Balaban J connectivity index is 2.10. The first-order valence-electron chi connectivity index (χ1n) is 5.53. The van der Waals surface area contributed by atoms with Gasteiger partial charge in [-0.2, -0.15) is 0 Å². The Morgan fingerprint density at radius 1 is 1.35 bits per heavy atom. The summed E-state index contributed by atoms with van der Waals surface area (Å²) in [5.74, 6) is 0. The van der Waals surface area contributed by atoms with Gasteiger partial charge in [-0.15, -0.1) is 6.58 Å². The number of ether oxygens (including phenoxy) is 2. The molecule has 1 aliphatic heterocycles. The Morgan fingerprint density at radius 3 is 2.71 bits per heavy atom. The SMILES string of the molecule is C=C[C@H](O)[C@H]1O[C@@H](c2ccccc2)OC[C@H]1O. The molecule has 1 aromatic rings. The van der Waals surface area contributed by atoms with E-state index in [0.29, 0.717) is 0 Å². The second kappa shape index (κ2) is 5.42. The number of hydrogen-bond acceptors (Lipinski definition) is 4. The van der Waals surface area contributed by atoms with Crippen molar-refractivity contribution in [3.63, 3.8) is 0 Å². The zero-order valence-corrected chi connectivity index (χ0v) is 9.40. The van der Waals surface area contributed by atoms with Crippen molar-refractivity contribution in [3.8, 4) is 0 Å². The van der Waals surface area contributed by atoms with Crippen molar-refractivity contribution in [2.75, 3.05) is 6.61 Å². The number of aliphatic hydroxyl groups excluding tert-OH is 2. The van der Waals surface area contributed by atoms with E-state index in [0.717, 1.165) is 5.56 Å². The summed E-state index contributed by atoms with van der Waals surface area (Å²) in [6.07, 6.45) is -1.66. The average molecular weight is 236 g/mol. The summed E-state index contributed by atoms with van der Waals surface area (Å²) in [5, 5.41) is 19.3. The zero-order valence-electron chi connectivity index (χ0n) is 9.40. The summed E-state index contributed by atoms with van der Waals surface area (Å²) in [6, 6.07) is 9.41. The molecule has 0 bridgehead atoms. The predicted molar refractivity (Wildman–Crippen MR) is 62.2 cm³/mol. The molecular formula is C13H16O4. The van der Waals surface area contributed by atoms with Crippen LogP contribution in [-0.4, -0.2) is 35.1 Å². The van der Waals surface area contributed by atoms with Crippen LogP contribution in [0.1, 0.15) is 11.9 Å². The molecule has 17 heavy (non-hydrogen) atoms. The van der Waals surface area contributed by atoms with E-state index in [1.54, 1.807) is 0 Å². The summed E-state index contributed by atoms with van der Waals surface area (Å²) < 4.78 is 10.9. The van der Waals surface area contributed by atoms with Gasteiger partial charge >= 0.3 is 0 Å². The monoisotopic (exact) mass is 236 g/mol. The molecule has 0 amide bonds. The van der Waals surface area contributed by atoms with Gasteiger partial charge in [0.05, 0.1) is 6.61 Å². The lowest BCUT2D eigenvalue weighted by Crippen LogP contribution is -2.46. The number of hydrogen-bond donors (Lipinski definition) is 2. The molecule has 92 valence electrons. The van der Waals surface area contributed by atoms with Gasteiger partial charge < -0.3 is 19.7 Å². The molecule has 2 N–H and O–H groups in total. The molecule has 1 heterocycles. The van der Waals surface area contributed by atoms with Gasteiger partial charge in [0.25, 0.3) is 0 Å². The maximum absolute atomic E-state index is 9.68. The van der Waals surface area contributed by atoms with Gasteiger partial charge in [-0.05, 0) is 0 Å². The second-order valence-electron chi connectivity index (χ2n) is 3.97. The van der Waals surface area contributed by atoms with Gasteiger partial charge in [0.15, 0.2) is 6.29 Å². The van der Waals surface area contributed by atoms with Crippen molar-refractivity contribution in [1.29, 1.82) is 0 Å². The molecule has 0 aliphatic carbocycles. The lowest BCUT2D eigenvalue weighted by molar-refractivity contribution is -0.270. The number of aliphatic hydroxyl groups is 2. The van der Waals surface area contributed by atoms with E-state index in [2.05, 4.69) is 6.58 Å². The maximum atomic E-state index is 9.68. The molecule has 4 heteroatoms. The van der Waals surface area contributed by atoms with Gasteiger partial charge in [0.2, 0.25) is 0 Å². The molecule has 0 aromatic heterocycles. The van der Waals surface area contributed by atoms with Crippen molar-refractivity contribution in [3.05, 3.63) is 48.6 Å². The Labute approximate surface area is 100 Å². The van der Waals surface area contributed by atoms with Gasteiger partial charge in [-0.1, -0.05) is 36.4 Å². The Morgan fingerprint density at radius 2 is 2.06 bits per heavy atom. The third-order valence-corrected chi connectivity index (χ3v) is 2.73. The largest absolute Gasteiger partial charge is 0.388 e. The van der Waals surface area contributed by atoms with Crippen LogP contribution in [0.4, 0.5) is 0 Å². The van der Waals surface area contributed by atoms with Gasteiger partial charge in [0.1, 0.15) is 18.3 Å². The molecule has 0 saturated carbocycles. The molecule has 1 saturated heterocycles. The Bertz CT molecular complexity index is 365. The normalized spacial score (nSPS) is 30.8. The highest BCUT2D eigenvalue weighted by atomic mass is 16.7. The van der Waals surface area contributed by atoms with E-state index in [-0.39, 0.29) is 6.61 Å². The van der Waals surface area contributed by atoms with Gasteiger partial charge in [-0.25, -0.2) is 0 Å². The summed E-state index contributed by atoms with van der Waals surface area (Å²) in [6.45, 7) is 3.62. The Hall–Kier alpha value is -1.20. The van der Waals surface area contributed by atoms with Crippen LogP contribution in [0.2, 0.25) is 0 Å². The molecule has 1 aromatic carbocycles. The molecule has 1 fully saturated rings. The maximum Gasteiger partial charge on any atom is 0.184 e. The van der Waals surface area contributed by atoms with Crippen LogP contribution in [0, 0.1) is 0 Å². The van der Waals surface area contributed by atoms with Crippen LogP contribution in [0.25, 0.3) is 0 Å². The van der Waals surface area contributed by atoms with Crippen LogP contribution >= 0.6 is 0 Å². The van der Waals surface area contributed by atoms with E-state index >= 15 is 0 Å². The van der Waals surface area contributed by atoms with Crippen LogP contribution in [0.5, 0.6) is 0 Å². The van der Waals surface area contributed by atoms with E-state index in [1.165, 1.54) is 6.08 Å². The van der Waals surface area contributed by atoms with Crippen LogP contribution < -0.4 is 0 Å². The first-order valence-corrected chi connectivity index (χ1v) is 5.53. The first-order chi connectivity index (χ1) is 8.22. The molecule has 4 atom stereocenters. The van der Waals surface area contributed by atoms with E-state index in [1.807, 2.05) is 30.3 Å². The summed E-state index contributed by atoms with van der Waals surface area (Å²) in [4.78, 5) is 0. The van der Waals surface area contributed by atoms with Gasteiger partial charge in [-0.3, -0.25) is 0 Å². The fourth-order valence-corrected chi connectivity index (χ4v) is 1.78. The minimum atomic E-state index is -0.903. The lowest BCUT2D eigenvalue weighted by atomic mass is 10.1. The zero-order chi connectivity index (χ0) is 12.3. The standard InChI is InChI=1S/C13H16O4/c1-2-10(14)12-11(15)8-16-13(17-12)9-6-4-3-5-7-9/h2-7,10-15H,1,8H2/t10-,11+,12+,13-/m0/s1. The highest BCUT2D eigenvalue weighted by Crippen LogP contribution is 2.27. The third kappa shape index (κ3) is 2.73. The Kier molecular flexibility index (Phi) is 3.91. The van der Waals surface area contributed by atoms with E-state index in [4.69, 9.17) is 9.47 Å². The summed E-state index contributed by atoms with van der Waals surface area (Å²) >= 11 is 0. The van der Waals surface area contributed by atoms with E-state index in [9.17, 15) is 10.2 Å². The van der Waals surface area contributed by atoms with Crippen molar-refractivity contribution in [2.24, 2.45) is 0 Å². The molecule has 4 nitrogen and oxygen atoms in total. The highest BCUT2D eigenvalue weighted by molar-refractivity contribution is 5.16. The minimum Gasteiger partial charge on any atom is -0.388 e. The third-order valence-electron chi connectivity index (χ3n) is 2.73. The molecule has 2 rings (SSSR count). The smallest absolute Gasteiger partial charge is 0.184 e. The lowest BCUT2D eigenvalue weighted by Gasteiger charge is -2.35. The topological polar surface area (TPSA) is 58.9 Å². The molecular weight excluding hydrogens is 220 g/mol. The quantitative estimate of drug-likeness (QED) is 0.769. The minimum absolute atomic E-state index is 0.134. The molecule has 0 radical (unpaired) electrons. The molecule has 0 spiro atoms. The molecule has 0 unspecified atom stereocenters. The number of benzene rings is 1. The van der Waals surface area contributed by atoms with Crippen molar-refractivity contribution in [1.82, 2.24) is 0 Å². The van der Waals surface area contributed by atoms with Crippen molar-refractivity contribution in [2.45, 2.75) is 24.6 Å².